The molecule has 2 aliphatic rings. The molecule has 2 aliphatic heterocycles. The molecule has 3 atom stereocenters. The van der Waals surface area contributed by atoms with Gasteiger partial charge in [-0.15, -0.1) is 0 Å². The van der Waals surface area contributed by atoms with Gasteiger partial charge >= 0.3 is 0 Å². The van der Waals surface area contributed by atoms with Crippen molar-refractivity contribution in [1.29, 1.82) is 0 Å². The van der Waals surface area contributed by atoms with E-state index in [1.54, 1.807) is 0 Å². The number of hydrogen-bond donors (Lipinski definition) is 1. The molecule has 1 aromatic heterocycles. The van der Waals surface area contributed by atoms with E-state index in [0.717, 1.165) is 24.5 Å². The number of nitrogens with one attached hydrogen (secondary N) is 1. The Kier molecular flexibility index (Phi) is 3.85. The van der Waals surface area contributed by atoms with Crippen molar-refractivity contribution in [2.45, 2.75) is 50.7 Å². The Morgan fingerprint density at radius 1 is 1.37 bits per heavy atom. The summed E-state index contributed by atoms with van der Waals surface area (Å²) in [5.41, 5.74) is 1.36. The molecular weight excluding hydrogens is 234 g/mol. The average Bonchev–Trinajstić information content (AvgIpc) is 2.67. The molecule has 0 radical (unpaired) electrons. The minimum atomic E-state index is 0.482. The zero-order valence-electron chi connectivity index (χ0n) is 12.0. The third kappa shape index (κ3) is 2.54. The molecule has 3 unspecified atom stereocenters. The molecule has 3 nitrogen and oxygen atoms in total. The van der Waals surface area contributed by atoms with E-state index in [-0.39, 0.29) is 0 Å². The van der Waals surface area contributed by atoms with Gasteiger partial charge in [0.05, 0.1) is 0 Å². The topological polar surface area (TPSA) is 28.2 Å². The number of pyridine rings is 1. The van der Waals surface area contributed by atoms with E-state index in [0.29, 0.717) is 6.04 Å². The van der Waals surface area contributed by atoms with Crippen molar-refractivity contribution in [3.63, 3.8) is 0 Å². The summed E-state index contributed by atoms with van der Waals surface area (Å²) in [5.74, 6) is 0.762. The second kappa shape index (κ2) is 5.59. The third-order valence-electron chi connectivity index (χ3n) is 5.07. The number of piperidine rings is 1. The van der Waals surface area contributed by atoms with Crippen LogP contribution < -0.4 is 5.32 Å². The highest BCUT2D eigenvalue weighted by atomic mass is 15.2. The zero-order valence-corrected chi connectivity index (χ0v) is 12.0. The molecule has 19 heavy (non-hydrogen) atoms. The Bertz CT molecular complexity index is 392. The molecule has 3 rings (SSSR count). The number of fused-ring (bicyclic) bond motifs is 2. The number of rotatable bonds is 4. The van der Waals surface area contributed by atoms with Gasteiger partial charge in [0.25, 0.3) is 0 Å². The van der Waals surface area contributed by atoms with Gasteiger partial charge in [-0.2, -0.15) is 0 Å². The zero-order chi connectivity index (χ0) is 13.2. The van der Waals surface area contributed by atoms with Crippen LogP contribution in [0.3, 0.4) is 0 Å². The monoisotopic (exact) mass is 259 g/mol. The maximum absolute atomic E-state index is 4.30. The molecule has 1 aromatic rings. The lowest BCUT2D eigenvalue weighted by Gasteiger charge is -2.40. The van der Waals surface area contributed by atoms with Crippen LogP contribution in [0, 0.1) is 5.92 Å². The van der Waals surface area contributed by atoms with E-state index in [1.807, 2.05) is 12.4 Å². The lowest BCUT2D eigenvalue weighted by Crippen LogP contribution is -2.43. The van der Waals surface area contributed by atoms with E-state index in [1.165, 1.54) is 31.2 Å². The first kappa shape index (κ1) is 13.1. The Labute approximate surface area is 116 Å². The highest BCUT2D eigenvalue weighted by Crippen LogP contribution is 2.42. The molecule has 0 spiro atoms. The Balaban J connectivity index is 1.78. The minimum absolute atomic E-state index is 0.482. The van der Waals surface area contributed by atoms with Crippen LogP contribution in [0.5, 0.6) is 0 Å². The summed E-state index contributed by atoms with van der Waals surface area (Å²) in [7, 11) is 2.31. The van der Waals surface area contributed by atoms with Crippen molar-refractivity contribution in [2.24, 2.45) is 5.92 Å². The van der Waals surface area contributed by atoms with Crippen molar-refractivity contribution < 1.29 is 0 Å². The van der Waals surface area contributed by atoms with Crippen LogP contribution in [-0.4, -0.2) is 35.6 Å². The van der Waals surface area contributed by atoms with E-state index in [2.05, 4.69) is 41.3 Å². The summed E-state index contributed by atoms with van der Waals surface area (Å²) >= 11 is 0. The molecule has 0 saturated carbocycles. The summed E-state index contributed by atoms with van der Waals surface area (Å²) in [6.45, 7) is 3.23. The second-order valence-corrected chi connectivity index (χ2v) is 6.10. The van der Waals surface area contributed by atoms with Gasteiger partial charge in [-0.05, 0) is 56.8 Å². The van der Waals surface area contributed by atoms with Crippen molar-refractivity contribution in [1.82, 2.24) is 15.2 Å². The molecule has 3 heterocycles. The van der Waals surface area contributed by atoms with Gasteiger partial charge in [0.1, 0.15) is 0 Å². The Morgan fingerprint density at radius 3 is 2.68 bits per heavy atom. The standard InChI is InChI=1S/C16H25N3/c1-3-18-16(12-5-4-8-17-11-12)13-9-14-6-7-15(10-13)19(14)2/h4-5,8,11,13-16,18H,3,6-7,9-10H2,1-2H3. The molecule has 0 aromatic carbocycles. The first-order chi connectivity index (χ1) is 9.29. The van der Waals surface area contributed by atoms with Gasteiger partial charge in [0.15, 0.2) is 0 Å². The van der Waals surface area contributed by atoms with Gasteiger partial charge in [0.2, 0.25) is 0 Å². The van der Waals surface area contributed by atoms with Crippen LogP contribution >= 0.6 is 0 Å². The van der Waals surface area contributed by atoms with Crippen molar-refractivity contribution in [3.8, 4) is 0 Å². The molecule has 2 saturated heterocycles. The summed E-state index contributed by atoms with van der Waals surface area (Å²) in [6.07, 6.45) is 9.35. The molecule has 0 amide bonds. The first-order valence-corrected chi connectivity index (χ1v) is 7.64. The average molecular weight is 259 g/mol. The summed E-state index contributed by atoms with van der Waals surface area (Å²) in [5, 5.41) is 3.69. The third-order valence-corrected chi connectivity index (χ3v) is 5.07. The smallest absolute Gasteiger partial charge is 0.0365 e. The molecule has 1 N–H and O–H groups in total. The lowest BCUT2D eigenvalue weighted by molar-refractivity contribution is 0.113. The van der Waals surface area contributed by atoms with Crippen molar-refractivity contribution in [3.05, 3.63) is 30.1 Å². The van der Waals surface area contributed by atoms with E-state index in [4.69, 9.17) is 0 Å². The Hall–Kier alpha value is -0.930. The largest absolute Gasteiger partial charge is 0.310 e. The quantitative estimate of drug-likeness (QED) is 0.901. The number of nitrogens with zero attached hydrogens (tertiary/aromatic N) is 2. The lowest BCUT2D eigenvalue weighted by atomic mass is 9.82. The van der Waals surface area contributed by atoms with Gasteiger partial charge < -0.3 is 10.2 Å². The fourth-order valence-corrected chi connectivity index (χ4v) is 4.06. The number of aromatic nitrogens is 1. The molecule has 0 aliphatic carbocycles. The van der Waals surface area contributed by atoms with E-state index in [9.17, 15) is 0 Å². The van der Waals surface area contributed by atoms with E-state index < -0.39 is 0 Å². The Morgan fingerprint density at radius 2 is 2.11 bits per heavy atom. The summed E-state index contributed by atoms with van der Waals surface area (Å²) in [4.78, 5) is 6.91. The van der Waals surface area contributed by atoms with Gasteiger partial charge in [-0.25, -0.2) is 0 Å². The summed E-state index contributed by atoms with van der Waals surface area (Å²) in [6, 6.07) is 6.38. The summed E-state index contributed by atoms with van der Waals surface area (Å²) < 4.78 is 0. The predicted molar refractivity (Wildman–Crippen MR) is 78.0 cm³/mol. The second-order valence-electron chi connectivity index (χ2n) is 6.10. The van der Waals surface area contributed by atoms with Crippen molar-refractivity contribution in [2.75, 3.05) is 13.6 Å². The normalized spacial score (nSPS) is 32.4. The maximum atomic E-state index is 4.30. The minimum Gasteiger partial charge on any atom is -0.310 e. The first-order valence-electron chi connectivity index (χ1n) is 7.64. The molecule has 2 bridgehead atoms. The van der Waals surface area contributed by atoms with E-state index >= 15 is 0 Å². The highest BCUT2D eigenvalue weighted by Gasteiger charge is 2.41. The molecule has 104 valence electrons. The maximum Gasteiger partial charge on any atom is 0.0365 e. The fraction of sp³-hybridized carbons (Fsp3) is 0.688. The van der Waals surface area contributed by atoms with Gasteiger partial charge in [-0.1, -0.05) is 13.0 Å². The van der Waals surface area contributed by atoms with Crippen LogP contribution in [0.15, 0.2) is 24.5 Å². The van der Waals surface area contributed by atoms with Gasteiger partial charge in [0, 0.05) is 30.5 Å². The molecule has 3 heteroatoms. The van der Waals surface area contributed by atoms with Crippen LogP contribution in [0.1, 0.15) is 44.2 Å². The fourth-order valence-electron chi connectivity index (χ4n) is 4.06. The SMILES string of the molecule is CCNC(c1cccnc1)C1CC2CCC(C1)N2C. The van der Waals surface area contributed by atoms with Crippen LogP contribution in [0.2, 0.25) is 0 Å². The van der Waals surface area contributed by atoms with Crippen LogP contribution in [0.4, 0.5) is 0 Å². The predicted octanol–water partition coefficient (Wildman–Crippen LogP) is 2.61. The number of hydrogen-bond acceptors (Lipinski definition) is 3. The van der Waals surface area contributed by atoms with Gasteiger partial charge in [-0.3, -0.25) is 4.98 Å². The highest BCUT2D eigenvalue weighted by molar-refractivity contribution is 5.16. The molecule has 2 fully saturated rings. The molecular formula is C16H25N3. The van der Waals surface area contributed by atoms with Crippen LogP contribution in [-0.2, 0) is 0 Å². The van der Waals surface area contributed by atoms with Crippen LogP contribution in [0.25, 0.3) is 0 Å². The van der Waals surface area contributed by atoms with Crippen molar-refractivity contribution >= 4 is 0 Å².